The van der Waals surface area contributed by atoms with E-state index in [9.17, 15) is 0 Å². The van der Waals surface area contributed by atoms with Crippen molar-refractivity contribution in [1.29, 1.82) is 5.26 Å². The van der Waals surface area contributed by atoms with Crippen molar-refractivity contribution in [2.24, 2.45) is 0 Å². The second-order valence-corrected chi connectivity index (χ2v) is 6.24. The zero-order valence-corrected chi connectivity index (χ0v) is 11.7. The summed E-state index contributed by atoms with van der Waals surface area (Å²) in [6, 6.07) is 10.7. The van der Waals surface area contributed by atoms with Crippen molar-refractivity contribution in [3.8, 4) is 6.07 Å². The van der Waals surface area contributed by atoms with Gasteiger partial charge in [-0.2, -0.15) is 17.0 Å². The van der Waals surface area contributed by atoms with Crippen LogP contribution in [-0.4, -0.2) is 17.0 Å². The smallest absolute Gasteiger partial charge is 0.0991 e. The Morgan fingerprint density at radius 3 is 2.78 bits per heavy atom. The molecule has 0 amide bonds. The topological polar surface area (TPSA) is 35.8 Å². The molecule has 1 N–H and O–H groups in total. The molecule has 2 nitrogen and oxygen atoms in total. The fraction of sp³-hybridized carbons (Fsp3) is 0.533. The number of nitrogens with one attached hydrogen (secondary N) is 1. The Balaban J connectivity index is 1.85. The highest BCUT2D eigenvalue weighted by atomic mass is 32.2. The van der Waals surface area contributed by atoms with Crippen LogP contribution in [0.2, 0.25) is 0 Å². The van der Waals surface area contributed by atoms with Gasteiger partial charge in [0, 0.05) is 17.8 Å². The van der Waals surface area contributed by atoms with Crippen LogP contribution < -0.4 is 5.32 Å². The zero-order valence-electron chi connectivity index (χ0n) is 10.9. The van der Waals surface area contributed by atoms with Gasteiger partial charge in [0.2, 0.25) is 0 Å². The van der Waals surface area contributed by atoms with Crippen LogP contribution >= 0.6 is 11.8 Å². The number of thioether (sulfide) groups is 1. The van der Waals surface area contributed by atoms with Gasteiger partial charge < -0.3 is 5.32 Å². The summed E-state index contributed by atoms with van der Waals surface area (Å²) >= 11 is 2.08. The van der Waals surface area contributed by atoms with Crippen molar-refractivity contribution in [3.63, 3.8) is 0 Å². The van der Waals surface area contributed by atoms with Gasteiger partial charge in [0.1, 0.15) is 0 Å². The molecule has 2 unspecified atom stereocenters. The average molecular weight is 260 g/mol. The molecule has 2 atom stereocenters. The van der Waals surface area contributed by atoms with Gasteiger partial charge in [-0.3, -0.25) is 0 Å². The lowest BCUT2D eigenvalue weighted by molar-refractivity contribution is 0.532. The van der Waals surface area contributed by atoms with Gasteiger partial charge in [-0.25, -0.2) is 0 Å². The molecule has 18 heavy (non-hydrogen) atoms. The lowest BCUT2D eigenvalue weighted by Gasteiger charge is -2.20. The molecule has 0 saturated heterocycles. The van der Waals surface area contributed by atoms with E-state index in [-0.39, 0.29) is 0 Å². The number of hydrogen-bond acceptors (Lipinski definition) is 3. The molecule has 1 aromatic carbocycles. The molecule has 0 radical (unpaired) electrons. The first-order chi connectivity index (χ1) is 8.83. The predicted octanol–water partition coefficient (Wildman–Crippen LogP) is 3.32. The van der Waals surface area contributed by atoms with Crippen LogP contribution in [0.15, 0.2) is 24.3 Å². The lowest BCUT2D eigenvalue weighted by Crippen LogP contribution is -2.33. The van der Waals surface area contributed by atoms with E-state index in [1.165, 1.54) is 30.6 Å². The molecule has 1 aliphatic carbocycles. The van der Waals surface area contributed by atoms with E-state index in [1.807, 2.05) is 24.3 Å². The van der Waals surface area contributed by atoms with Crippen molar-refractivity contribution in [2.75, 3.05) is 5.75 Å². The van der Waals surface area contributed by atoms with Crippen molar-refractivity contribution in [3.05, 3.63) is 35.4 Å². The number of nitrogens with zero attached hydrogens (tertiary/aromatic N) is 1. The first-order valence-corrected chi connectivity index (χ1v) is 7.72. The Hall–Kier alpha value is -0.980. The largest absolute Gasteiger partial charge is 0.309 e. The molecule has 3 heteroatoms. The van der Waals surface area contributed by atoms with E-state index in [0.29, 0.717) is 6.04 Å². The first-order valence-electron chi connectivity index (χ1n) is 6.67. The SMILES string of the molecule is CCSC1CCCC1NCc1ccc(C#N)cc1. The summed E-state index contributed by atoms with van der Waals surface area (Å²) in [6.45, 7) is 3.15. The van der Waals surface area contributed by atoms with Crippen molar-refractivity contribution < 1.29 is 0 Å². The normalized spacial score (nSPS) is 22.9. The van der Waals surface area contributed by atoms with E-state index in [4.69, 9.17) is 5.26 Å². The van der Waals surface area contributed by atoms with Gasteiger partial charge >= 0.3 is 0 Å². The highest BCUT2D eigenvalue weighted by Crippen LogP contribution is 2.30. The third kappa shape index (κ3) is 3.51. The minimum atomic E-state index is 0.658. The van der Waals surface area contributed by atoms with Crippen molar-refractivity contribution >= 4 is 11.8 Å². The number of rotatable bonds is 5. The molecule has 0 bridgehead atoms. The maximum atomic E-state index is 8.76. The predicted molar refractivity (Wildman–Crippen MR) is 77.6 cm³/mol. The Labute approximate surface area is 114 Å². The van der Waals surface area contributed by atoms with Gasteiger partial charge in [-0.15, -0.1) is 0 Å². The lowest BCUT2D eigenvalue weighted by atomic mass is 10.1. The number of hydrogen-bond donors (Lipinski definition) is 1. The van der Waals surface area contributed by atoms with Gasteiger partial charge in [-0.1, -0.05) is 25.5 Å². The van der Waals surface area contributed by atoms with Gasteiger partial charge in [-0.05, 0) is 36.3 Å². The summed E-state index contributed by atoms with van der Waals surface area (Å²) in [6.07, 6.45) is 4.00. The molecule has 0 heterocycles. The molecular weight excluding hydrogens is 240 g/mol. The molecule has 1 fully saturated rings. The van der Waals surface area contributed by atoms with Crippen LogP contribution in [0.5, 0.6) is 0 Å². The third-order valence-corrected chi connectivity index (χ3v) is 4.81. The fourth-order valence-corrected chi connectivity index (χ4v) is 3.75. The first kappa shape index (κ1) is 13.5. The second-order valence-electron chi connectivity index (χ2n) is 4.72. The molecule has 2 rings (SSSR count). The van der Waals surface area contributed by atoms with E-state index >= 15 is 0 Å². The van der Waals surface area contributed by atoms with Crippen molar-refractivity contribution in [1.82, 2.24) is 5.32 Å². The van der Waals surface area contributed by atoms with E-state index in [0.717, 1.165) is 17.4 Å². The molecule has 1 aromatic rings. The van der Waals surface area contributed by atoms with Crippen LogP contribution in [0.1, 0.15) is 37.3 Å². The number of nitriles is 1. The fourth-order valence-electron chi connectivity index (χ4n) is 2.52. The Morgan fingerprint density at radius 1 is 1.33 bits per heavy atom. The van der Waals surface area contributed by atoms with Gasteiger partial charge in [0.25, 0.3) is 0 Å². The Bertz CT molecular complexity index is 407. The third-order valence-electron chi connectivity index (χ3n) is 3.48. The quantitative estimate of drug-likeness (QED) is 0.882. The molecule has 0 aliphatic heterocycles. The maximum Gasteiger partial charge on any atom is 0.0991 e. The summed E-state index contributed by atoms with van der Waals surface area (Å²) in [4.78, 5) is 0. The molecular formula is C15H20N2S. The highest BCUT2D eigenvalue weighted by Gasteiger charge is 2.26. The summed E-state index contributed by atoms with van der Waals surface area (Å²) in [7, 11) is 0. The van der Waals surface area contributed by atoms with E-state index < -0.39 is 0 Å². The van der Waals surface area contributed by atoms with Crippen LogP contribution in [0.4, 0.5) is 0 Å². The monoisotopic (exact) mass is 260 g/mol. The average Bonchev–Trinajstić information content (AvgIpc) is 2.85. The van der Waals surface area contributed by atoms with Crippen LogP contribution in [0, 0.1) is 11.3 Å². The highest BCUT2D eigenvalue weighted by molar-refractivity contribution is 7.99. The Kier molecular flexibility index (Phi) is 5.10. The van der Waals surface area contributed by atoms with Crippen LogP contribution in [-0.2, 0) is 6.54 Å². The molecule has 0 aromatic heterocycles. The van der Waals surface area contributed by atoms with Gasteiger partial charge in [0.05, 0.1) is 11.6 Å². The van der Waals surface area contributed by atoms with E-state index in [2.05, 4.69) is 30.1 Å². The molecule has 1 aliphatic rings. The van der Waals surface area contributed by atoms with Crippen LogP contribution in [0.3, 0.4) is 0 Å². The molecule has 1 saturated carbocycles. The van der Waals surface area contributed by atoms with E-state index in [1.54, 1.807) is 0 Å². The van der Waals surface area contributed by atoms with Crippen LogP contribution in [0.25, 0.3) is 0 Å². The zero-order chi connectivity index (χ0) is 12.8. The van der Waals surface area contributed by atoms with Crippen molar-refractivity contribution in [2.45, 2.75) is 44.0 Å². The maximum absolute atomic E-state index is 8.76. The minimum absolute atomic E-state index is 0.658. The summed E-state index contributed by atoms with van der Waals surface area (Å²) in [5.41, 5.74) is 2.00. The summed E-state index contributed by atoms with van der Waals surface area (Å²) in [5, 5.41) is 13.2. The standard InChI is InChI=1S/C15H20N2S/c1-2-18-15-5-3-4-14(15)17-11-13-8-6-12(10-16)7-9-13/h6-9,14-15,17H,2-5,11H2,1H3. The summed E-state index contributed by atoms with van der Waals surface area (Å²) < 4.78 is 0. The van der Waals surface area contributed by atoms with Gasteiger partial charge in [0.15, 0.2) is 0 Å². The summed E-state index contributed by atoms with van der Waals surface area (Å²) in [5.74, 6) is 1.21. The molecule has 0 spiro atoms. The Morgan fingerprint density at radius 2 is 2.11 bits per heavy atom. The molecule has 96 valence electrons. The number of benzene rings is 1. The second kappa shape index (κ2) is 6.82. The minimum Gasteiger partial charge on any atom is -0.309 e.